The first-order valence-corrected chi connectivity index (χ1v) is 6.99. The van der Waals surface area contributed by atoms with Crippen molar-refractivity contribution in [1.82, 2.24) is 10.1 Å². The topological polar surface area (TPSA) is 85.2 Å². The number of hydrogen-bond acceptors (Lipinski definition) is 5. The predicted molar refractivity (Wildman–Crippen MR) is 65.7 cm³/mol. The number of hydrogen-bond donors (Lipinski definition) is 2. The van der Waals surface area contributed by atoms with Crippen molar-refractivity contribution in [2.75, 3.05) is 6.61 Å². The molecule has 2 saturated carbocycles. The lowest BCUT2D eigenvalue weighted by Gasteiger charge is -2.40. The van der Waals surface area contributed by atoms with E-state index in [9.17, 15) is 0 Å². The van der Waals surface area contributed by atoms with Gasteiger partial charge in [0.15, 0.2) is 5.82 Å². The SMILES string of the molecule is N[C@@H](CO)c1nc(C(C2CCC2)C2CCC2)no1. The minimum Gasteiger partial charge on any atom is -0.394 e. The molecule has 0 amide bonds. The lowest BCUT2D eigenvalue weighted by Crippen LogP contribution is -2.31. The van der Waals surface area contributed by atoms with Crippen LogP contribution in [0.1, 0.15) is 62.2 Å². The van der Waals surface area contributed by atoms with E-state index in [1.54, 1.807) is 0 Å². The highest BCUT2D eigenvalue weighted by molar-refractivity contribution is 5.06. The predicted octanol–water partition coefficient (Wildman–Crippen LogP) is 1.75. The average Bonchev–Trinajstić information content (AvgIpc) is 2.71. The highest BCUT2D eigenvalue weighted by Gasteiger charge is 2.40. The molecule has 2 fully saturated rings. The van der Waals surface area contributed by atoms with Crippen LogP contribution in [-0.2, 0) is 0 Å². The van der Waals surface area contributed by atoms with Gasteiger partial charge in [-0.1, -0.05) is 18.0 Å². The molecule has 0 spiro atoms. The summed E-state index contributed by atoms with van der Waals surface area (Å²) in [6.07, 6.45) is 7.81. The lowest BCUT2D eigenvalue weighted by atomic mass is 9.64. The Hall–Kier alpha value is -0.940. The fourth-order valence-electron chi connectivity index (χ4n) is 3.02. The van der Waals surface area contributed by atoms with Gasteiger partial charge in [-0.15, -0.1) is 0 Å². The van der Waals surface area contributed by atoms with Crippen molar-refractivity contribution >= 4 is 0 Å². The highest BCUT2D eigenvalue weighted by atomic mass is 16.5. The van der Waals surface area contributed by atoms with Crippen LogP contribution in [0.2, 0.25) is 0 Å². The second-order valence-corrected chi connectivity index (χ2v) is 5.69. The number of aliphatic hydroxyl groups excluding tert-OH is 1. The van der Waals surface area contributed by atoms with Gasteiger partial charge in [-0.05, 0) is 37.5 Å². The molecule has 1 heterocycles. The van der Waals surface area contributed by atoms with Gasteiger partial charge in [0.25, 0.3) is 0 Å². The van der Waals surface area contributed by atoms with Gasteiger partial charge in [-0.2, -0.15) is 4.98 Å². The van der Waals surface area contributed by atoms with Crippen molar-refractivity contribution < 1.29 is 9.63 Å². The number of aromatic nitrogens is 2. The summed E-state index contributed by atoms with van der Waals surface area (Å²) in [5.41, 5.74) is 5.71. The van der Waals surface area contributed by atoms with Gasteiger partial charge >= 0.3 is 0 Å². The monoisotopic (exact) mass is 251 g/mol. The van der Waals surface area contributed by atoms with Gasteiger partial charge in [-0.25, -0.2) is 0 Å². The Morgan fingerprint density at radius 3 is 2.28 bits per heavy atom. The molecule has 2 aliphatic carbocycles. The summed E-state index contributed by atoms with van der Waals surface area (Å²) < 4.78 is 5.19. The van der Waals surface area contributed by atoms with E-state index in [0.717, 1.165) is 17.7 Å². The molecule has 5 heteroatoms. The minimum absolute atomic E-state index is 0.154. The van der Waals surface area contributed by atoms with Crippen molar-refractivity contribution in [3.05, 3.63) is 11.7 Å². The number of nitrogens with two attached hydrogens (primary N) is 1. The van der Waals surface area contributed by atoms with E-state index in [1.807, 2.05) is 0 Å². The zero-order valence-corrected chi connectivity index (χ0v) is 10.6. The van der Waals surface area contributed by atoms with Crippen LogP contribution in [0.15, 0.2) is 4.52 Å². The van der Waals surface area contributed by atoms with E-state index < -0.39 is 6.04 Å². The Kier molecular flexibility index (Phi) is 3.35. The summed E-state index contributed by atoms with van der Waals surface area (Å²) in [5, 5.41) is 13.1. The standard InChI is InChI=1S/C13H21N3O2/c14-10(7-17)13-15-12(16-18-13)11(8-3-1-4-8)9-5-2-6-9/h8-11,17H,1-7,14H2/t10-/m0/s1. The van der Waals surface area contributed by atoms with E-state index in [0.29, 0.717) is 11.8 Å². The molecule has 100 valence electrons. The molecule has 18 heavy (non-hydrogen) atoms. The Bertz CT molecular complexity index is 385. The van der Waals surface area contributed by atoms with Gasteiger partial charge in [-0.3, -0.25) is 0 Å². The smallest absolute Gasteiger partial charge is 0.245 e. The molecule has 0 aliphatic heterocycles. The molecule has 1 aromatic heterocycles. The molecule has 0 saturated heterocycles. The Morgan fingerprint density at radius 2 is 1.83 bits per heavy atom. The van der Waals surface area contributed by atoms with E-state index in [-0.39, 0.29) is 6.61 Å². The summed E-state index contributed by atoms with van der Waals surface area (Å²) in [7, 11) is 0. The highest BCUT2D eigenvalue weighted by Crippen LogP contribution is 2.49. The largest absolute Gasteiger partial charge is 0.394 e. The first-order valence-electron chi connectivity index (χ1n) is 6.99. The summed E-state index contributed by atoms with van der Waals surface area (Å²) in [4.78, 5) is 4.42. The molecule has 2 aliphatic rings. The number of nitrogens with zero attached hydrogens (tertiary/aromatic N) is 2. The first kappa shape index (κ1) is 12.1. The van der Waals surface area contributed by atoms with Crippen molar-refractivity contribution in [2.24, 2.45) is 17.6 Å². The van der Waals surface area contributed by atoms with Gasteiger partial charge < -0.3 is 15.4 Å². The Morgan fingerprint density at radius 1 is 1.22 bits per heavy atom. The summed E-state index contributed by atoms with van der Waals surface area (Å²) in [6.45, 7) is -0.154. The third-order valence-corrected chi connectivity index (χ3v) is 4.58. The van der Waals surface area contributed by atoms with Crippen molar-refractivity contribution in [2.45, 2.75) is 50.5 Å². The molecule has 1 atom stereocenters. The summed E-state index contributed by atoms with van der Waals surface area (Å²) >= 11 is 0. The zero-order chi connectivity index (χ0) is 12.5. The summed E-state index contributed by atoms with van der Waals surface area (Å²) in [5.74, 6) is 3.10. The number of aliphatic hydroxyl groups is 1. The van der Waals surface area contributed by atoms with E-state index in [2.05, 4.69) is 10.1 Å². The maximum Gasteiger partial charge on any atom is 0.245 e. The maximum atomic E-state index is 9.02. The van der Waals surface area contributed by atoms with Crippen LogP contribution in [-0.4, -0.2) is 21.9 Å². The molecule has 0 aromatic carbocycles. The second kappa shape index (κ2) is 4.97. The second-order valence-electron chi connectivity index (χ2n) is 5.69. The number of rotatable bonds is 5. The van der Waals surface area contributed by atoms with Crippen molar-refractivity contribution in [3.8, 4) is 0 Å². The molecule has 3 rings (SSSR count). The molecule has 5 nitrogen and oxygen atoms in total. The fourth-order valence-corrected chi connectivity index (χ4v) is 3.02. The normalized spacial score (nSPS) is 22.8. The van der Waals surface area contributed by atoms with Gasteiger partial charge in [0, 0.05) is 5.92 Å². The molecule has 0 unspecified atom stereocenters. The van der Waals surface area contributed by atoms with E-state index in [4.69, 9.17) is 15.4 Å². The first-order chi connectivity index (χ1) is 8.79. The van der Waals surface area contributed by atoms with Crippen LogP contribution in [0.5, 0.6) is 0 Å². The van der Waals surface area contributed by atoms with Crippen molar-refractivity contribution in [1.29, 1.82) is 0 Å². The van der Waals surface area contributed by atoms with Gasteiger partial charge in [0.05, 0.1) is 6.61 Å². The third-order valence-electron chi connectivity index (χ3n) is 4.58. The van der Waals surface area contributed by atoms with Crippen molar-refractivity contribution in [3.63, 3.8) is 0 Å². The average molecular weight is 251 g/mol. The molecular formula is C13H21N3O2. The third kappa shape index (κ3) is 2.06. The maximum absolute atomic E-state index is 9.02. The van der Waals surface area contributed by atoms with Gasteiger partial charge in [0.1, 0.15) is 6.04 Å². The molecule has 0 radical (unpaired) electrons. The van der Waals surface area contributed by atoms with E-state index in [1.165, 1.54) is 38.5 Å². The minimum atomic E-state index is -0.547. The molecule has 3 N–H and O–H groups in total. The zero-order valence-electron chi connectivity index (χ0n) is 10.6. The van der Waals surface area contributed by atoms with Crippen LogP contribution in [0.4, 0.5) is 0 Å². The lowest BCUT2D eigenvalue weighted by molar-refractivity contribution is 0.141. The Labute approximate surface area is 107 Å². The molecule has 1 aromatic rings. The van der Waals surface area contributed by atoms with Crippen LogP contribution in [0, 0.1) is 11.8 Å². The molecule has 0 bridgehead atoms. The van der Waals surface area contributed by atoms with Crippen LogP contribution in [0.3, 0.4) is 0 Å². The Balaban J connectivity index is 1.78. The quantitative estimate of drug-likeness (QED) is 0.832. The van der Waals surface area contributed by atoms with Crippen LogP contribution >= 0.6 is 0 Å². The van der Waals surface area contributed by atoms with Crippen LogP contribution in [0.25, 0.3) is 0 Å². The van der Waals surface area contributed by atoms with E-state index >= 15 is 0 Å². The van der Waals surface area contributed by atoms with Crippen LogP contribution < -0.4 is 5.73 Å². The molecular weight excluding hydrogens is 230 g/mol. The van der Waals surface area contributed by atoms with Gasteiger partial charge in [0.2, 0.25) is 5.89 Å². The fraction of sp³-hybridized carbons (Fsp3) is 0.846. The summed E-state index contributed by atoms with van der Waals surface area (Å²) in [6, 6.07) is -0.547.